The highest BCUT2D eigenvalue weighted by atomic mass is 16.5. The van der Waals surface area contributed by atoms with E-state index in [4.69, 9.17) is 9.47 Å². The molecule has 0 bridgehead atoms. The summed E-state index contributed by atoms with van der Waals surface area (Å²) in [6.07, 6.45) is 9.07. The molecule has 6 rings (SSSR count). The number of likely N-dealkylation sites (tertiary alicyclic amines) is 2. The molecule has 0 unspecified atom stereocenters. The van der Waals surface area contributed by atoms with Crippen molar-refractivity contribution in [1.29, 1.82) is 0 Å². The molecule has 2 aromatic rings. The fourth-order valence-corrected chi connectivity index (χ4v) is 9.78. The molecule has 2 saturated carbocycles. The Morgan fingerprint density at radius 3 is 1.32 bits per heavy atom. The molecule has 328 valence electrons. The number of amides is 2. The van der Waals surface area contributed by atoms with E-state index in [1.165, 1.54) is 0 Å². The Kier molecular flexibility index (Phi) is 17.1. The number of hydrogen-bond donors (Lipinski definition) is 4. The molecule has 4 fully saturated rings. The highest BCUT2D eigenvalue weighted by molar-refractivity contribution is 5.89. The maximum absolute atomic E-state index is 13.2. The van der Waals surface area contributed by atoms with Gasteiger partial charge in [0.15, 0.2) is 0 Å². The minimum Gasteiger partial charge on any atom is -0.480 e. The largest absolute Gasteiger partial charge is 0.480 e. The van der Waals surface area contributed by atoms with E-state index in [9.17, 15) is 39.0 Å². The quantitative estimate of drug-likeness (QED) is 0.151. The van der Waals surface area contributed by atoms with Crippen LogP contribution in [0.5, 0.6) is 0 Å². The first-order valence-corrected chi connectivity index (χ1v) is 21.9. The van der Waals surface area contributed by atoms with Crippen LogP contribution >= 0.6 is 0 Å². The van der Waals surface area contributed by atoms with Crippen LogP contribution in [0, 0.1) is 11.8 Å². The van der Waals surface area contributed by atoms with Crippen LogP contribution in [-0.2, 0) is 51.1 Å². The van der Waals surface area contributed by atoms with Gasteiger partial charge >= 0.3 is 23.9 Å². The number of aryl methyl sites for hydroxylation is 2. The standard InChI is InChI=1S/2C23H32N2O5/c2*1-3-30-23(29)18(13-12-16-8-5-4-6-9-16)24-15(2)21(26)25-19-11-7-10-17(19)14-20(25)22(27)28/h2*4-6,8-9,15,17-20,24H,3,7,10-14H2,1-2H3,(H,27,28)/t2*15-,17-,18-,19-,20-/m00/s1. The maximum atomic E-state index is 13.2. The second-order valence-corrected chi connectivity index (χ2v) is 16.6. The van der Waals surface area contributed by atoms with Gasteiger partial charge in [0, 0.05) is 12.1 Å². The van der Waals surface area contributed by atoms with Crippen molar-refractivity contribution in [2.45, 2.75) is 153 Å². The molecular formula is C46H64N4O10. The van der Waals surface area contributed by atoms with E-state index >= 15 is 0 Å². The normalized spacial score (nSPS) is 24.9. The first-order valence-electron chi connectivity index (χ1n) is 21.9. The summed E-state index contributed by atoms with van der Waals surface area (Å²) < 4.78 is 10.4. The monoisotopic (exact) mass is 832 g/mol. The highest BCUT2D eigenvalue weighted by Crippen LogP contribution is 2.42. The fraction of sp³-hybridized carbons (Fsp3) is 0.609. The van der Waals surface area contributed by atoms with Crippen molar-refractivity contribution in [2.24, 2.45) is 11.8 Å². The van der Waals surface area contributed by atoms with Crippen LogP contribution in [0.25, 0.3) is 0 Å². The van der Waals surface area contributed by atoms with Crippen molar-refractivity contribution in [3.05, 3.63) is 71.8 Å². The van der Waals surface area contributed by atoms with Crippen LogP contribution in [0.4, 0.5) is 0 Å². The number of ether oxygens (including phenoxy) is 2. The molecule has 2 heterocycles. The molecule has 0 aromatic heterocycles. The van der Waals surface area contributed by atoms with Crippen LogP contribution in [0.3, 0.4) is 0 Å². The average Bonchev–Trinajstić information content (AvgIpc) is 4.04. The summed E-state index contributed by atoms with van der Waals surface area (Å²) >= 11 is 0. The first kappa shape index (κ1) is 46.2. The predicted molar refractivity (Wildman–Crippen MR) is 224 cm³/mol. The third-order valence-corrected chi connectivity index (χ3v) is 12.7. The van der Waals surface area contributed by atoms with Gasteiger partial charge in [-0.25, -0.2) is 9.59 Å². The van der Waals surface area contributed by atoms with Crippen LogP contribution in [-0.4, -0.2) is 117 Å². The van der Waals surface area contributed by atoms with Gasteiger partial charge in [0.2, 0.25) is 11.8 Å². The smallest absolute Gasteiger partial charge is 0.326 e. The number of rotatable bonds is 18. The molecule has 2 saturated heterocycles. The van der Waals surface area contributed by atoms with Gasteiger partial charge in [0.25, 0.3) is 0 Å². The Bertz CT molecular complexity index is 1630. The van der Waals surface area contributed by atoms with Crippen molar-refractivity contribution >= 4 is 35.7 Å². The minimum atomic E-state index is -0.948. The zero-order valence-corrected chi connectivity index (χ0v) is 35.5. The fourth-order valence-electron chi connectivity index (χ4n) is 9.78. The molecular weight excluding hydrogens is 769 g/mol. The lowest BCUT2D eigenvalue weighted by molar-refractivity contribution is -0.151. The van der Waals surface area contributed by atoms with Crippen molar-refractivity contribution in [1.82, 2.24) is 20.4 Å². The van der Waals surface area contributed by atoms with E-state index in [-0.39, 0.29) is 60.9 Å². The number of benzene rings is 2. The second kappa shape index (κ2) is 22.1. The van der Waals surface area contributed by atoms with E-state index in [0.717, 1.165) is 49.7 Å². The van der Waals surface area contributed by atoms with E-state index in [1.807, 2.05) is 60.7 Å². The number of nitrogens with zero attached hydrogens (tertiary/aromatic N) is 2. The van der Waals surface area contributed by atoms with Crippen molar-refractivity contribution < 1.29 is 48.5 Å². The molecule has 4 aliphatic rings. The Labute approximate surface area is 353 Å². The number of hydrogen-bond acceptors (Lipinski definition) is 10. The number of aliphatic carboxylic acids is 2. The molecule has 2 aliphatic carbocycles. The van der Waals surface area contributed by atoms with Gasteiger partial charge in [0.05, 0.1) is 25.3 Å². The summed E-state index contributed by atoms with van der Waals surface area (Å²) in [5, 5.41) is 25.5. The molecule has 0 radical (unpaired) electrons. The topological polar surface area (TPSA) is 192 Å². The van der Waals surface area contributed by atoms with Crippen LogP contribution in [0.15, 0.2) is 60.7 Å². The Hall–Kier alpha value is -4.82. The zero-order chi connectivity index (χ0) is 43.3. The number of carbonyl (C=O) groups excluding carboxylic acids is 4. The summed E-state index contributed by atoms with van der Waals surface area (Å²) in [6.45, 7) is 7.45. The van der Waals surface area contributed by atoms with Gasteiger partial charge in [-0.2, -0.15) is 0 Å². The number of fused-ring (bicyclic) bond motifs is 2. The van der Waals surface area contributed by atoms with Crippen LogP contribution in [0.2, 0.25) is 0 Å². The molecule has 2 aromatic carbocycles. The number of esters is 2. The van der Waals surface area contributed by atoms with Gasteiger partial charge in [-0.3, -0.25) is 29.8 Å². The zero-order valence-electron chi connectivity index (χ0n) is 35.5. The summed E-state index contributed by atoms with van der Waals surface area (Å²) in [5.74, 6) is -2.63. The third kappa shape index (κ3) is 11.7. The van der Waals surface area contributed by atoms with Gasteiger partial charge in [-0.15, -0.1) is 0 Å². The average molecular weight is 833 g/mol. The molecule has 14 heteroatoms. The second-order valence-electron chi connectivity index (χ2n) is 16.6. The third-order valence-electron chi connectivity index (χ3n) is 12.7. The van der Waals surface area contributed by atoms with E-state index in [0.29, 0.717) is 38.5 Å². The number of nitrogens with one attached hydrogen (secondary N) is 2. The van der Waals surface area contributed by atoms with Gasteiger partial charge < -0.3 is 29.5 Å². The van der Waals surface area contributed by atoms with E-state index < -0.39 is 48.2 Å². The molecule has 0 spiro atoms. The molecule has 4 N–H and O–H groups in total. The Morgan fingerprint density at radius 2 is 0.983 bits per heavy atom. The maximum Gasteiger partial charge on any atom is 0.326 e. The predicted octanol–water partition coefficient (Wildman–Crippen LogP) is 4.77. The van der Waals surface area contributed by atoms with Crippen LogP contribution < -0.4 is 10.6 Å². The Balaban J connectivity index is 0.000000228. The minimum absolute atomic E-state index is 0.00629. The lowest BCUT2D eigenvalue weighted by Gasteiger charge is -2.31. The Morgan fingerprint density at radius 1 is 0.617 bits per heavy atom. The molecule has 2 aliphatic heterocycles. The number of carboxylic acids is 2. The van der Waals surface area contributed by atoms with Gasteiger partial charge in [-0.1, -0.05) is 73.5 Å². The lowest BCUT2D eigenvalue weighted by Crippen LogP contribution is -2.55. The summed E-state index contributed by atoms with van der Waals surface area (Å²) in [7, 11) is 0. The molecule has 10 atom stereocenters. The van der Waals surface area contributed by atoms with E-state index in [2.05, 4.69) is 10.6 Å². The first-order chi connectivity index (χ1) is 28.8. The van der Waals surface area contributed by atoms with Crippen LogP contribution in [0.1, 0.15) is 103 Å². The van der Waals surface area contributed by atoms with Gasteiger partial charge in [-0.05, 0) is 115 Å². The summed E-state index contributed by atoms with van der Waals surface area (Å²) in [5.41, 5.74) is 2.21. The highest BCUT2D eigenvalue weighted by Gasteiger charge is 2.51. The molecule has 60 heavy (non-hydrogen) atoms. The summed E-state index contributed by atoms with van der Waals surface area (Å²) in [4.78, 5) is 78.1. The SMILES string of the molecule is CCOC(=O)[C@H](CCc1ccccc1)N[C@@H](C)C(=O)N1[C@H](C(=O)O)C[C@@H]2CCC[C@@H]21.CCOC(=O)[C@H](CCc1ccccc1)N[C@@H](C)C(=O)N1[C@H](C(=O)O)C[C@@H]2CCC[C@@H]21. The number of carbonyl (C=O) groups is 6. The lowest BCUT2D eigenvalue weighted by atomic mass is 10.0. The summed E-state index contributed by atoms with van der Waals surface area (Å²) in [6, 6.07) is 15.5. The van der Waals surface area contributed by atoms with Crippen molar-refractivity contribution in [3.8, 4) is 0 Å². The van der Waals surface area contributed by atoms with E-state index in [1.54, 1.807) is 37.5 Å². The molecule has 14 nitrogen and oxygen atoms in total. The van der Waals surface area contributed by atoms with Crippen molar-refractivity contribution in [2.75, 3.05) is 13.2 Å². The van der Waals surface area contributed by atoms with Gasteiger partial charge in [0.1, 0.15) is 24.2 Å². The van der Waals surface area contributed by atoms with Crippen molar-refractivity contribution in [3.63, 3.8) is 0 Å². The molecule has 2 amide bonds. The number of carboxylic acid groups (broad SMARTS) is 2.